The number of aliphatic hydroxyl groups excluding tert-OH is 3. The van der Waals surface area contributed by atoms with Gasteiger partial charge in [0.2, 0.25) is 0 Å². The fourth-order valence-corrected chi connectivity index (χ4v) is 8.79. The summed E-state index contributed by atoms with van der Waals surface area (Å²) in [6.45, 7) is 4.14. The van der Waals surface area contributed by atoms with E-state index in [0.29, 0.717) is 31.6 Å². The van der Waals surface area contributed by atoms with Crippen molar-refractivity contribution in [3.63, 3.8) is 0 Å². The molecule has 1 fully saturated rings. The second-order valence-corrected chi connectivity index (χ2v) is 19.6. The Kier molecular flexibility index (Phi) is 29.1. The number of nitrogens with two attached hydrogens (primary N) is 1. The fourth-order valence-electron chi connectivity index (χ4n) is 6.68. The number of nitrogen functional groups attached to an aromatic ring is 1. The van der Waals surface area contributed by atoms with Crippen LogP contribution in [0.5, 0.6) is 0 Å². The second kappa shape index (κ2) is 32.6. The molecule has 1 aromatic rings. The van der Waals surface area contributed by atoms with Gasteiger partial charge in [0.15, 0.2) is 12.3 Å². The number of esters is 2. The molecule has 65 heavy (non-hydrogen) atoms. The molecule has 0 aromatic carbocycles. The Morgan fingerprint density at radius 1 is 0.831 bits per heavy atom. The van der Waals surface area contributed by atoms with E-state index in [1.54, 1.807) is 6.08 Å². The van der Waals surface area contributed by atoms with Crippen molar-refractivity contribution in [1.29, 1.82) is 0 Å². The van der Waals surface area contributed by atoms with E-state index in [4.69, 9.17) is 29.0 Å². The van der Waals surface area contributed by atoms with Crippen molar-refractivity contribution < 1.29 is 71.4 Å². The number of rotatable bonds is 36. The van der Waals surface area contributed by atoms with Crippen molar-refractivity contribution in [2.24, 2.45) is 5.92 Å². The van der Waals surface area contributed by atoms with E-state index >= 15 is 0 Å². The molecule has 3 unspecified atom stereocenters. The molecule has 8 atom stereocenters. The molecule has 0 spiro atoms. The van der Waals surface area contributed by atoms with Gasteiger partial charge in [-0.3, -0.25) is 23.2 Å². The maximum absolute atomic E-state index is 12.8. The average molecular weight is 964 g/mol. The van der Waals surface area contributed by atoms with Gasteiger partial charge >= 0.3 is 33.3 Å². The summed E-state index contributed by atoms with van der Waals surface area (Å²) in [5.41, 5.74) is 4.57. The molecule has 0 bridgehead atoms. The predicted molar refractivity (Wildman–Crippen MR) is 244 cm³/mol. The maximum atomic E-state index is 12.8. The molecule has 19 nitrogen and oxygen atoms in total. The molecular weight excluding hydrogens is 888 g/mol. The Morgan fingerprint density at radius 3 is 2.06 bits per heavy atom. The van der Waals surface area contributed by atoms with E-state index < -0.39 is 89.8 Å². The lowest BCUT2D eigenvalue weighted by molar-refractivity contribution is -0.161. The van der Waals surface area contributed by atoms with Gasteiger partial charge < -0.3 is 45.1 Å². The number of aliphatic hydroxyl groups is 3. The standard InChI is InChI=1S/C44H75N3O16P2/c1-4-5-6-7-10-15-20-25-35(48)26-21-16-13-18-23-28-40(50)61-36(31-58-39(49)27-22-17-12-9-8-11-14-19-24-34(2)3)32-59-64(54,55)63-65(56,57)60-33-37-41(51)42(52)43(62-37)47-30-29-38(45)46-44(47)53/h5-6,10,15,20,25,29-30,34-37,41-43,48,51-52H,4,7-9,11-14,16-19,21-24,26-28,31-33H2,1-3H3,(H,54,55)(H,56,57)(H2,45,46,53)/b6-5+,15-10+,25-20+/t35?,36-,37-,41-,42-,43-/m1/s1. The number of nitrogens with zero attached hydrogens (tertiary/aromatic N) is 2. The maximum Gasteiger partial charge on any atom is 0.481 e. The van der Waals surface area contributed by atoms with Crippen molar-refractivity contribution in [1.82, 2.24) is 9.55 Å². The number of carbonyl (C=O) groups excluding carboxylic acids is 2. The molecule has 1 aromatic heterocycles. The van der Waals surface area contributed by atoms with Gasteiger partial charge in [-0.05, 0) is 44.1 Å². The van der Waals surface area contributed by atoms with Crippen LogP contribution in [0, 0.1) is 5.92 Å². The van der Waals surface area contributed by atoms with Crippen molar-refractivity contribution in [2.45, 2.75) is 180 Å². The largest absolute Gasteiger partial charge is 0.481 e. The Morgan fingerprint density at radius 2 is 1.43 bits per heavy atom. The molecule has 372 valence electrons. The minimum atomic E-state index is -5.44. The SMILES string of the molecule is CC/C=C/C/C=C/C=C/C(O)CCCCCCCC(=O)O[C@H](COC(=O)CCCCCCCCCCC(C)C)COP(=O)(O)OP(=O)(O)OC[C@H]1O[C@@H](n2ccc(N)nc2=O)[C@H](O)[C@@H]1O. The first-order valence-corrected chi connectivity index (χ1v) is 26.0. The van der Waals surface area contributed by atoms with E-state index in [2.05, 4.69) is 42.2 Å². The van der Waals surface area contributed by atoms with Crippen molar-refractivity contribution in [3.8, 4) is 0 Å². The normalized spacial score (nSPS) is 20.7. The van der Waals surface area contributed by atoms with Gasteiger partial charge in [0.1, 0.15) is 30.7 Å². The van der Waals surface area contributed by atoms with Gasteiger partial charge in [0.05, 0.1) is 19.3 Å². The monoisotopic (exact) mass is 963 g/mol. The zero-order valence-corrected chi connectivity index (χ0v) is 40.1. The quantitative estimate of drug-likeness (QED) is 0.0127. The van der Waals surface area contributed by atoms with Crippen LogP contribution in [0.25, 0.3) is 0 Å². The first kappa shape index (κ1) is 58.1. The van der Waals surface area contributed by atoms with Crippen LogP contribution in [0.2, 0.25) is 0 Å². The highest BCUT2D eigenvalue weighted by Crippen LogP contribution is 2.60. The van der Waals surface area contributed by atoms with Gasteiger partial charge in [0.25, 0.3) is 0 Å². The number of aromatic nitrogens is 2. The second-order valence-electron chi connectivity index (χ2n) is 16.6. The highest BCUT2D eigenvalue weighted by atomic mass is 31.3. The number of allylic oxidation sites excluding steroid dienone is 5. The van der Waals surface area contributed by atoms with E-state index in [-0.39, 0.29) is 18.7 Å². The lowest BCUT2D eigenvalue weighted by Crippen LogP contribution is -2.36. The number of hydrogen-bond donors (Lipinski definition) is 6. The third kappa shape index (κ3) is 26.8. The highest BCUT2D eigenvalue weighted by molar-refractivity contribution is 7.61. The summed E-state index contributed by atoms with van der Waals surface area (Å²) >= 11 is 0. The molecule has 2 rings (SSSR count). The van der Waals surface area contributed by atoms with Crippen LogP contribution < -0.4 is 11.4 Å². The fraction of sp³-hybridized carbons (Fsp3) is 0.727. The van der Waals surface area contributed by atoms with Crippen molar-refractivity contribution in [3.05, 3.63) is 59.2 Å². The van der Waals surface area contributed by atoms with Crippen LogP contribution >= 0.6 is 15.6 Å². The van der Waals surface area contributed by atoms with Crippen LogP contribution in [0.1, 0.15) is 149 Å². The first-order chi connectivity index (χ1) is 30.9. The Balaban J connectivity index is 1.86. The molecule has 0 radical (unpaired) electrons. The van der Waals surface area contributed by atoms with Gasteiger partial charge in [0, 0.05) is 19.0 Å². The van der Waals surface area contributed by atoms with E-state index in [1.807, 2.05) is 18.2 Å². The zero-order chi connectivity index (χ0) is 48.1. The Hall–Kier alpha value is -3.06. The summed E-state index contributed by atoms with van der Waals surface area (Å²) in [5.74, 6) is -0.669. The minimum absolute atomic E-state index is 0.0194. The summed E-state index contributed by atoms with van der Waals surface area (Å²) in [4.78, 5) is 61.7. The van der Waals surface area contributed by atoms with Crippen LogP contribution in [0.4, 0.5) is 5.82 Å². The number of anilines is 1. The molecule has 2 heterocycles. The molecule has 1 aliphatic heterocycles. The molecule has 0 saturated carbocycles. The van der Waals surface area contributed by atoms with Gasteiger partial charge in [-0.1, -0.05) is 134 Å². The average Bonchev–Trinajstić information content (AvgIpc) is 3.52. The van der Waals surface area contributed by atoms with Crippen LogP contribution in [-0.2, 0) is 46.3 Å². The molecule has 7 N–H and O–H groups in total. The predicted octanol–water partition coefficient (Wildman–Crippen LogP) is 7.27. The van der Waals surface area contributed by atoms with Crippen molar-refractivity contribution >= 4 is 33.4 Å². The lowest BCUT2D eigenvalue weighted by atomic mass is 10.0. The topological polar surface area (TPSA) is 286 Å². The zero-order valence-electron chi connectivity index (χ0n) is 38.3. The number of hydrogen-bond acceptors (Lipinski definition) is 16. The minimum Gasteiger partial charge on any atom is -0.462 e. The van der Waals surface area contributed by atoms with E-state index in [0.717, 1.165) is 68.6 Å². The van der Waals surface area contributed by atoms with Gasteiger partial charge in [-0.25, -0.2) is 13.9 Å². The summed E-state index contributed by atoms with van der Waals surface area (Å²) in [5, 5.41) is 31.0. The summed E-state index contributed by atoms with van der Waals surface area (Å²) in [7, 11) is -10.9. The Labute approximate surface area is 383 Å². The van der Waals surface area contributed by atoms with E-state index in [9.17, 15) is 48.6 Å². The van der Waals surface area contributed by atoms with Crippen LogP contribution in [0.3, 0.4) is 0 Å². The third-order valence-electron chi connectivity index (χ3n) is 10.3. The molecule has 0 amide bonds. The number of ether oxygens (including phenoxy) is 3. The smallest absolute Gasteiger partial charge is 0.462 e. The summed E-state index contributed by atoms with van der Waals surface area (Å²) in [6, 6.07) is 1.24. The van der Waals surface area contributed by atoms with Gasteiger partial charge in [-0.2, -0.15) is 9.29 Å². The highest BCUT2D eigenvalue weighted by Gasteiger charge is 2.46. The number of unbranched alkanes of at least 4 members (excludes halogenated alkanes) is 11. The molecule has 1 saturated heterocycles. The molecule has 1 aliphatic rings. The number of carbonyl (C=O) groups is 2. The lowest BCUT2D eigenvalue weighted by Gasteiger charge is -2.21. The number of phosphoric ester groups is 2. The summed E-state index contributed by atoms with van der Waals surface area (Å²) < 4.78 is 56.5. The molecule has 21 heteroatoms. The summed E-state index contributed by atoms with van der Waals surface area (Å²) in [6.07, 6.45) is 20.0. The van der Waals surface area contributed by atoms with Crippen LogP contribution in [-0.4, -0.2) is 96.9 Å². The number of phosphoric acid groups is 2. The molecular formula is C44H75N3O16P2. The Bertz CT molecular complexity index is 1760. The van der Waals surface area contributed by atoms with Crippen LogP contribution in [0.15, 0.2) is 53.5 Å². The molecule has 0 aliphatic carbocycles. The van der Waals surface area contributed by atoms with Gasteiger partial charge in [-0.15, -0.1) is 0 Å². The third-order valence-corrected chi connectivity index (χ3v) is 12.9. The van der Waals surface area contributed by atoms with E-state index in [1.165, 1.54) is 31.7 Å². The van der Waals surface area contributed by atoms with Crippen molar-refractivity contribution in [2.75, 3.05) is 25.6 Å². The first-order valence-electron chi connectivity index (χ1n) is 23.0.